The topological polar surface area (TPSA) is 32.5 Å². The van der Waals surface area contributed by atoms with E-state index in [1.165, 1.54) is 55.8 Å². The van der Waals surface area contributed by atoms with E-state index in [9.17, 15) is 0 Å². The van der Waals surface area contributed by atoms with E-state index in [0.717, 1.165) is 19.0 Å². The molecule has 3 heteroatoms. The Kier molecular flexibility index (Phi) is 3.76. The lowest BCUT2D eigenvalue weighted by atomic mass is 10.0. The Bertz CT molecular complexity index is 444. The molecule has 0 spiro atoms. The van der Waals surface area contributed by atoms with Gasteiger partial charge in [0.15, 0.2) is 0 Å². The molecular formula is C16H25N3. The van der Waals surface area contributed by atoms with E-state index in [1.54, 1.807) is 0 Å². The number of hydrogen-bond acceptors (Lipinski definition) is 3. The van der Waals surface area contributed by atoms with Crippen molar-refractivity contribution in [3.8, 4) is 0 Å². The summed E-state index contributed by atoms with van der Waals surface area (Å²) in [5.41, 5.74) is 9.82. The highest BCUT2D eigenvalue weighted by molar-refractivity contribution is 5.55. The number of aryl methyl sites for hydroxylation is 1. The Labute approximate surface area is 116 Å². The van der Waals surface area contributed by atoms with Gasteiger partial charge >= 0.3 is 0 Å². The van der Waals surface area contributed by atoms with Crippen molar-refractivity contribution in [1.29, 1.82) is 0 Å². The van der Waals surface area contributed by atoms with Crippen LogP contribution in [-0.2, 0) is 6.42 Å². The molecule has 1 atom stereocenters. The highest BCUT2D eigenvalue weighted by Gasteiger charge is 2.30. The van der Waals surface area contributed by atoms with E-state index in [2.05, 4.69) is 34.9 Å². The predicted molar refractivity (Wildman–Crippen MR) is 80.7 cm³/mol. The molecule has 3 nitrogen and oxygen atoms in total. The van der Waals surface area contributed by atoms with Crippen LogP contribution in [0.2, 0.25) is 0 Å². The molecule has 1 aromatic carbocycles. The molecule has 1 unspecified atom stereocenters. The minimum absolute atomic E-state index is 0.736. The monoisotopic (exact) mass is 259 g/mol. The Hall–Kier alpha value is -1.06. The molecule has 2 N–H and O–H groups in total. The van der Waals surface area contributed by atoms with Crippen LogP contribution in [0.25, 0.3) is 0 Å². The lowest BCUT2D eigenvalue weighted by Crippen LogP contribution is -2.50. The molecule has 0 saturated carbocycles. The number of piperazine rings is 1. The molecule has 19 heavy (non-hydrogen) atoms. The van der Waals surface area contributed by atoms with Gasteiger partial charge in [-0.3, -0.25) is 4.90 Å². The molecular weight excluding hydrogens is 234 g/mol. The fourth-order valence-corrected chi connectivity index (χ4v) is 3.60. The molecule has 0 aromatic heterocycles. The second-order valence-corrected chi connectivity index (χ2v) is 5.94. The Balaban J connectivity index is 1.75. The van der Waals surface area contributed by atoms with Crippen molar-refractivity contribution in [2.75, 3.05) is 37.6 Å². The third-order valence-electron chi connectivity index (χ3n) is 4.62. The fraction of sp³-hybridized carbons (Fsp3) is 0.625. The summed E-state index contributed by atoms with van der Waals surface area (Å²) in [7, 11) is 0. The quantitative estimate of drug-likeness (QED) is 0.898. The van der Waals surface area contributed by atoms with E-state index in [1.807, 2.05) is 0 Å². The minimum atomic E-state index is 0.736. The van der Waals surface area contributed by atoms with Crippen LogP contribution in [0, 0.1) is 6.92 Å². The Morgan fingerprint density at radius 3 is 2.95 bits per heavy atom. The number of hydrogen-bond donors (Lipinski definition) is 1. The lowest BCUT2D eigenvalue weighted by Gasteiger charge is -2.39. The number of benzene rings is 1. The summed E-state index contributed by atoms with van der Waals surface area (Å²) in [4.78, 5) is 5.24. The number of nitrogens with two attached hydrogens (primary N) is 1. The first-order valence-corrected chi connectivity index (χ1v) is 7.56. The summed E-state index contributed by atoms with van der Waals surface area (Å²) in [5.74, 6) is 0. The van der Waals surface area contributed by atoms with Crippen LogP contribution in [0.1, 0.15) is 24.0 Å². The van der Waals surface area contributed by atoms with Crippen molar-refractivity contribution in [3.63, 3.8) is 0 Å². The molecule has 0 amide bonds. The highest BCUT2D eigenvalue weighted by atomic mass is 15.3. The molecule has 2 aliphatic heterocycles. The minimum Gasteiger partial charge on any atom is -0.368 e. The molecule has 1 aromatic rings. The summed E-state index contributed by atoms with van der Waals surface area (Å²) >= 11 is 0. The number of fused-ring (bicyclic) bond motifs is 1. The third-order valence-corrected chi connectivity index (χ3v) is 4.62. The fourth-order valence-electron chi connectivity index (χ4n) is 3.60. The number of nitrogens with zero attached hydrogens (tertiary/aromatic N) is 2. The molecule has 2 heterocycles. The van der Waals surface area contributed by atoms with Gasteiger partial charge in [0.2, 0.25) is 0 Å². The van der Waals surface area contributed by atoms with Gasteiger partial charge in [-0.1, -0.05) is 12.1 Å². The molecule has 104 valence electrons. The zero-order chi connectivity index (χ0) is 13.2. The van der Waals surface area contributed by atoms with Gasteiger partial charge in [0.05, 0.1) is 0 Å². The SMILES string of the molecule is Cc1cc(CCN)ccc1N1CCN2CCCC2C1. The molecule has 2 saturated heterocycles. The van der Waals surface area contributed by atoms with Crippen LogP contribution in [-0.4, -0.2) is 43.7 Å². The van der Waals surface area contributed by atoms with E-state index < -0.39 is 0 Å². The zero-order valence-electron chi connectivity index (χ0n) is 11.9. The van der Waals surface area contributed by atoms with Crippen molar-refractivity contribution in [1.82, 2.24) is 4.90 Å². The van der Waals surface area contributed by atoms with E-state index in [4.69, 9.17) is 5.73 Å². The Morgan fingerprint density at radius 1 is 1.26 bits per heavy atom. The van der Waals surface area contributed by atoms with Crippen molar-refractivity contribution in [3.05, 3.63) is 29.3 Å². The first-order chi connectivity index (χ1) is 9.28. The second-order valence-electron chi connectivity index (χ2n) is 5.94. The standard InChI is InChI=1S/C16H25N3/c1-13-11-14(6-7-17)4-5-16(13)19-10-9-18-8-2-3-15(18)12-19/h4-5,11,15H,2-3,6-10,12,17H2,1H3. The highest BCUT2D eigenvalue weighted by Crippen LogP contribution is 2.28. The summed E-state index contributed by atoms with van der Waals surface area (Å²) in [6.07, 6.45) is 3.74. The third kappa shape index (κ3) is 2.63. The maximum absolute atomic E-state index is 5.63. The van der Waals surface area contributed by atoms with Crippen LogP contribution in [0.15, 0.2) is 18.2 Å². The van der Waals surface area contributed by atoms with Crippen LogP contribution < -0.4 is 10.6 Å². The zero-order valence-corrected chi connectivity index (χ0v) is 11.9. The van der Waals surface area contributed by atoms with Crippen molar-refractivity contribution < 1.29 is 0 Å². The van der Waals surface area contributed by atoms with Gasteiger partial charge in [0.25, 0.3) is 0 Å². The summed E-state index contributed by atoms with van der Waals surface area (Å²) < 4.78 is 0. The van der Waals surface area contributed by atoms with E-state index in [-0.39, 0.29) is 0 Å². The second kappa shape index (κ2) is 5.51. The van der Waals surface area contributed by atoms with Gasteiger partial charge in [-0.25, -0.2) is 0 Å². The maximum Gasteiger partial charge on any atom is 0.0397 e. The van der Waals surface area contributed by atoms with Crippen molar-refractivity contribution in [2.24, 2.45) is 5.73 Å². The summed E-state index contributed by atoms with van der Waals surface area (Å²) in [6, 6.07) is 7.64. The maximum atomic E-state index is 5.63. The molecule has 0 radical (unpaired) electrons. The Morgan fingerprint density at radius 2 is 2.16 bits per heavy atom. The molecule has 2 fully saturated rings. The van der Waals surface area contributed by atoms with Crippen molar-refractivity contribution in [2.45, 2.75) is 32.2 Å². The van der Waals surface area contributed by atoms with Crippen molar-refractivity contribution >= 4 is 5.69 Å². The predicted octanol–water partition coefficient (Wildman–Crippen LogP) is 1.78. The van der Waals surface area contributed by atoms with Gasteiger partial charge in [0.1, 0.15) is 0 Å². The first kappa shape index (κ1) is 12.9. The van der Waals surface area contributed by atoms with Crippen LogP contribution in [0.3, 0.4) is 0 Å². The van der Waals surface area contributed by atoms with E-state index >= 15 is 0 Å². The van der Waals surface area contributed by atoms with Gasteiger partial charge in [-0.15, -0.1) is 0 Å². The summed E-state index contributed by atoms with van der Waals surface area (Å²) in [6.45, 7) is 7.89. The largest absolute Gasteiger partial charge is 0.368 e. The molecule has 0 bridgehead atoms. The van der Waals surface area contributed by atoms with Crippen LogP contribution in [0.4, 0.5) is 5.69 Å². The number of rotatable bonds is 3. The number of anilines is 1. The van der Waals surface area contributed by atoms with Crippen LogP contribution in [0.5, 0.6) is 0 Å². The molecule has 3 rings (SSSR count). The average Bonchev–Trinajstić information content (AvgIpc) is 2.86. The molecule has 2 aliphatic rings. The average molecular weight is 259 g/mol. The van der Waals surface area contributed by atoms with Crippen LogP contribution >= 0.6 is 0 Å². The summed E-state index contributed by atoms with van der Waals surface area (Å²) in [5, 5.41) is 0. The van der Waals surface area contributed by atoms with Gasteiger partial charge < -0.3 is 10.6 Å². The van der Waals surface area contributed by atoms with Gasteiger partial charge in [-0.05, 0) is 56.5 Å². The molecule has 0 aliphatic carbocycles. The smallest absolute Gasteiger partial charge is 0.0397 e. The first-order valence-electron chi connectivity index (χ1n) is 7.56. The van der Waals surface area contributed by atoms with Gasteiger partial charge in [-0.2, -0.15) is 0 Å². The van der Waals surface area contributed by atoms with E-state index in [0.29, 0.717) is 0 Å². The van der Waals surface area contributed by atoms with Gasteiger partial charge in [0, 0.05) is 31.4 Å². The lowest BCUT2D eigenvalue weighted by molar-refractivity contribution is 0.231. The normalized spacial score (nSPS) is 23.7.